The van der Waals surface area contributed by atoms with E-state index in [1.165, 1.54) is 24.6 Å². The molecule has 1 saturated heterocycles. The van der Waals surface area contributed by atoms with Gasteiger partial charge in [0.15, 0.2) is 8.68 Å². The van der Waals surface area contributed by atoms with E-state index in [-0.39, 0.29) is 11.9 Å². The van der Waals surface area contributed by atoms with Crippen molar-refractivity contribution in [2.45, 2.75) is 47.3 Å². The summed E-state index contributed by atoms with van der Waals surface area (Å²) in [5, 5.41) is 8.45. The van der Waals surface area contributed by atoms with Crippen LogP contribution in [0.4, 0.5) is 0 Å². The third-order valence-electron chi connectivity index (χ3n) is 4.80. The minimum atomic E-state index is 0.0164. The van der Waals surface area contributed by atoms with Gasteiger partial charge in [-0.25, -0.2) is 0 Å². The predicted octanol–water partition coefficient (Wildman–Crippen LogP) is 4.90. The highest BCUT2D eigenvalue weighted by Crippen LogP contribution is 2.39. The van der Waals surface area contributed by atoms with Gasteiger partial charge in [-0.05, 0) is 37.5 Å². The lowest BCUT2D eigenvalue weighted by atomic mass is 10.0. The van der Waals surface area contributed by atoms with Gasteiger partial charge in [-0.1, -0.05) is 48.2 Å². The third kappa shape index (κ3) is 5.79. The number of unbranched alkanes of at least 4 members (excludes halogenated alkanes) is 1. The van der Waals surface area contributed by atoms with Gasteiger partial charge in [-0.15, -0.1) is 10.2 Å². The number of thioether (sulfide) groups is 2. The van der Waals surface area contributed by atoms with Gasteiger partial charge in [0, 0.05) is 17.9 Å². The van der Waals surface area contributed by atoms with Crippen LogP contribution in [0.5, 0.6) is 11.5 Å². The van der Waals surface area contributed by atoms with Crippen molar-refractivity contribution in [1.29, 1.82) is 0 Å². The van der Waals surface area contributed by atoms with E-state index in [4.69, 9.17) is 9.47 Å². The molecular weight excluding hydrogens is 426 g/mol. The number of carbonyl (C=O) groups is 1. The Morgan fingerprint density at radius 3 is 2.76 bits per heavy atom. The molecule has 0 aliphatic carbocycles. The fraction of sp³-hybridized carbons (Fsp3) is 0.550. The Bertz CT molecular complexity index is 815. The molecule has 0 saturated carbocycles. The number of aromatic nitrogens is 2. The highest BCUT2D eigenvalue weighted by atomic mass is 32.2. The Hall–Kier alpha value is -1.45. The summed E-state index contributed by atoms with van der Waals surface area (Å²) in [6, 6.07) is 5.78. The van der Waals surface area contributed by atoms with Crippen LogP contribution in [0.3, 0.4) is 0 Å². The molecule has 1 unspecified atom stereocenters. The zero-order valence-electron chi connectivity index (χ0n) is 17.1. The van der Waals surface area contributed by atoms with Gasteiger partial charge < -0.3 is 14.4 Å². The van der Waals surface area contributed by atoms with Gasteiger partial charge in [0.05, 0.1) is 26.0 Å². The van der Waals surface area contributed by atoms with Crippen molar-refractivity contribution in [2.75, 3.05) is 32.3 Å². The van der Waals surface area contributed by atoms with Crippen LogP contribution in [0.25, 0.3) is 0 Å². The molecule has 158 valence electrons. The lowest BCUT2D eigenvalue weighted by Gasteiger charge is -2.26. The van der Waals surface area contributed by atoms with Crippen LogP contribution in [0.15, 0.2) is 26.9 Å². The summed E-state index contributed by atoms with van der Waals surface area (Å²) in [6.07, 6.45) is 4.27. The summed E-state index contributed by atoms with van der Waals surface area (Å²) in [4.78, 5) is 14.9. The van der Waals surface area contributed by atoms with E-state index in [2.05, 4.69) is 17.1 Å². The van der Waals surface area contributed by atoms with Crippen molar-refractivity contribution in [2.24, 2.45) is 0 Å². The summed E-state index contributed by atoms with van der Waals surface area (Å²) in [5.74, 6) is 3.12. The molecule has 1 aromatic heterocycles. The molecule has 0 radical (unpaired) electrons. The summed E-state index contributed by atoms with van der Waals surface area (Å²) in [5.41, 5.74) is 1.01. The number of amides is 1. The average Bonchev–Trinajstić information content (AvgIpc) is 3.41. The van der Waals surface area contributed by atoms with E-state index in [1.54, 1.807) is 37.3 Å². The number of carbonyl (C=O) groups excluding carboxylic acids is 1. The lowest BCUT2D eigenvalue weighted by Crippen LogP contribution is -2.32. The van der Waals surface area contributed by atoms with Crippen LogP contribution >= 0.6 is 34.9 Å². The molecule has 1 aromatic carbocycles. The van der Waals surface area contributed by atoms with Crippen molar-refractivity contribution in [3.8, 4) is 11.5 Å². The first-order valence-electron chi connectivity index (χ1n) is 9.76. The minimum Gasteiger partial charge on any atom is -0.497 e. The summed E-state index contributed by atoms with van der Waals surface area (Å²) >= 11 is 4.79. The van der Waals surface area contributed by atoms with E-state index in [0.29, 0.717) is 5.75 Å². The first-order valence-corrected chi connectivity index (χ1v) is 12.6. The molecule has 9 heteroatoms. The molecule has 2 heterocycles. The standard InChI is InChI=1S/C20H27N3O3S3/c1-4-5-11-27-19-21-22-20(29-19)28-13-18(24)23-10-6-7-16(23)15-12-14(25-2)8-9-17(15)26-3/h8-9,12,16H,4-7,10-11,13H2,1-3H3. The van der Waals surface area contributed by atoms with Crippen LogP contribution in [0.1, 0.15) is 44.2 Å². The molecular formula is C20H27N3O3S3. The molecule has 3 rings (SSSR count). The molecule has 0 N–H and O–H groups in total. The summed E-state index contributed by atoms with van der Waals surface area (Å²) in [7, 11) is 3.31. The van der Waals surface area contributed by atoms with Gasteiger partial charge in [-0.2, -0.15) is 0 Å². The number of rotatable bonds is 10. The number of methoxy groups -OCH3 is 2. The van der Waals surface area contributed by atoms with Crippen molar-refractivity contribution < 1.29 is 14.3 Å². The Labute approximate surface area is 184 Å². The maximum absolute atomic E-state index is 13.0. The second-order valence-electron chi connectivity index (χ2n) is 6.68. The molecule has 29 heavy (non-hydrogen) atoms. The largest absolute Gasteiger partial charge is 0.497 e. The molecule has 1 fully saturated rings. The van der Waals surface area contributed by atoms with Crippen LogP contribution in [0, 0.1) is 0 Å². The van der Waals surface area contributed by atoms with Crippen LogP contribution in [-0.4, -0.2) is 53.3 Å². The van der Waals surface area contributed by atoms with Crippen molar-refractivity contribution in [3.63, 3.8) is 0 Å². The van der Waals surface area contributed by atoms with E-state index in [0.717, 1.165) is 50.9 Å². The third-order valence-corrected chi connectivity index (χ3v) is 8.06. The number of ether oxygens (including phenoxy) is 2. The van der Waals surface area contributed by atoms with Crippen molar-refractivity contribution >= 4 is 40.8 Å². The van der Waals surface area contributed by atoms with Crippen molar-refractivity contribution in [1.82, 2.24) is 15.1 Å². The van der Waals surface area contributed by atoms with Gasteiger partial charge in [0.1, 0.15) is 11.5 Å². The maximum Gasteiger partial charge on any atom is 0.233 e. The molecule has 1 atom stereocenters. The molecule has 1 aliphatic rings. The highest BCUT2D eigenvalue weighted by molar-refractivity contribution is 8.03. The minimum absolute atomic E-state index is 0.0164. The van der Waals surface area contributed by atoms with E-state index < -0.39 is 0 Å². The second kappa shape index (κ2) is 11.1. The fourth-order valence-electron chi connectivity index (χ4n) is 3.31. The Balaban J connectivity index is 1.62. The first-order chi connectivity index (χ1) is 14.2. The quantitative estimate of drug-likeness (QED) is 0.374. The smallest absolute Gasteiger partial charge is 0.233 e. The molecule has 0 bridgehead atoms. The number of likely N-dealkylation sites (tertiary alicyclic amines) is 1. The topological polar surface area (TPSA) is 64.6 Å². The maximum atomic E-state index is 13.0. The van der Waals surface area contributed by atoms with Crippen molar-refractivity contribution in [3.05, 3.63) is 23.8 Å². The van der Waals surface area contributed by atoms with Gasteiger partial charge in [0.25, 0.3) is 0 Å². The van der Waals surface area contributed by atoms with E-state index in [9.17, 15) is 4.79 Å². The number of hydrogen-bond acceptors (Lipinski definition) is 8. The number of nitrogens with zero attached hydrogens (tertiary/aromatic N) is 3. The van der Waals surface area contributed by atoms with Crippen LogP contribution in [0.2, 0.25) is 0 Å². The summed E-state index contributed by atoms with van der Waals surface area (Å²) in [6.45, 7) is 2.94. The predicted molar refractivity (Wildman–Crippen MR) is 119 cm³/mol. The number of hydrogen-bond donors (Lipinski definition) is 0. The average molecular weight is 454 g/mol. The van der Waals surface area contributed by atoms with Gasteiger partial charge in [0.2, 0.25) is 5.91 Å². The lowest BCUT2D eigenvalue weighted by molar-refractivity contribution is -0.129. The zero-order valence-corrected chi connectivity index (χ0v) is 19.5. The number of benzene rings is 1. The van der Waals surface area contributed by atoms with E-state index >= 15 is 0 Å². The molecule has 0 spiro atoms. The molecule has 6 nitrogen and oxygen atoms in total. The van der Waals surface area contributed by atoms with Gasteiger partial charge >= 0.3 is 0 Å². The van der Waals surface area contributed by atoms with Crippen LogP contribution < -0.4 is 9.47 Å². The normalized spacial score (nSPS) is 16.2. The monoisotopic (exact) mass is 453 g/mol. The summed E-state index contributed by atoms with van der Waals surface area (Å²) < 4.78 is 12.7. The fourth-order valence-corrected chi connectivity index (χ4v) is 6.37. The van der Waals surface area contributed by atoms with Gasteiger partial charge in [-0.3, -0.25) is 4.79 Å². The molecule has 2 aromatic rings. The van der Waals surface area contributed by atoms with Crippen LogP contribution in [-0.2, 0) is 4.79 Å². The SMILES string of the molecule is CCCCSc1nnc(SCC(=O)N2CCCC2c2cc(OC)ccc2OC)s1. The Kier molecular flexibility index (Phi) is 8.50. The Morgan fingerprint density at radius 1 is 1.24 bits per heavy atom. The van der Waals surface area contributed by atoms with E-state index in [1.807, 2.05) is 23.1 Å². The first kappa shape index (κ1) is 22.2. The highest BCUT2D eigenvalue weighted by Gasteiger charge is 2.32. The Morgan fingerprint density at radius 2 is 2.03 bits per heavy atom. The zero-order chi connectivity index (χ0) is 20.6. The second-order valence-corrected chi connectivity index (χ2v) is 10.2. The molecule has 1 aliphatic heterocycles. The molecule has 1 amide bonds.